The van der Waals surface area contributed by atoms with Gasteiger partial charge in [0, 0.05) is 13.1 Å². The fourth-order valence-electron chi connectivity index (χ4n) is 0.837. The zero-order valence-electron chi connectivity index (χ0n) is 9.05. The maximum atomic E-state index is 11.2. The van der Waals surface area contributed by atoms with E-state index in [2.05, 4.69) is 6.58 Å². The van der Waals surface area contributed by atoms with Crippen molar-refractivity contribution in [3.05, 3.63) is 12.7 Å². The van der Waals surface area contributed by atoms with Crippen molar-refractivity contribution in [3.63, 3.8) is 0 Å². The number of nitrogens with zero attached hydrogens (tertiary/aromatic N) is 1. The predicted molar refractivity (Wildman–Crippen MR) is 58.1 cm³/mol. The first kappa shape index (κ1) is 13.5. The summed E-state index contributed by atoms with van der Waals surface area (Å²) < 4.78 is 6.61. The maximum absolute atomic E-state index is 11.2. The molecule has 0 saturated carbocycles. The molecule has 0 aliphatic rings. The monoisotopic (exact) mass is 219 g/mol. The van der Waals surface area contributed by atoms with Crippen LogP contribution >= 0.6 is 11.8 Å². The molecule has 0 N–H and O–H groups in total. The summed E-state index contributed by atoms with van der Waals surface area (Å²) in [5.74, 6) is -0.229. The molecule has 0 heterocycles. The Bertz CT molecular complexity index is 199. The van der Waals surface area contributed by atoms with E-state index >= 15 is 0 Å². The van der Waals surface area contributed by atoms with Gasteiger partial charge in [-0.05, 0) is 32.5 Å². The first-order valence-corrected chi connectivity index (χ1v) is 4.92. The van der Waals surface area contributed by atoms with E-state index in [9.17, 15) is 4.79 Å². The first-order chi connectivity index (χ1) is 6.35. The van der Waals surface area contributed by atoms with E-state index in [1.165, 1.54) is 4.42 Å². The van der Waals surface area contributed by atoms with Crippen molar-refractivity contribution in [1.29, 1.82) is 0 Å². The minimum atomic E-state index is -0.424. The summed E-state index contributed by atoms with van der Waals surface area (Å²) in [5, 5.41) is 0. The number of ether oxygens (including phenoxy) is 1. The molecule has 82 valence electrons. The lowest BCUT2D eigenvalue weighted by Crippen LogP contribution is -2.26. The summed E-state index contributed by atoms with van der Waals surface area (Å²) in [6, 6.07) is 0. The number of hydrogen-bond acceptors (Lipinski definition) is 3. The third-order valence-electron chi connectivity index (χ3n) is 1.31. The van der Waals surface area contributed by atoms with Crippen LogP contribution in [0.4, 0.5) is 0 Å². The molecule has 0 aromatic carbocycles. The number of carbonyl (C=O) groups is 1. The summed E-state index contributed by atoms with van der Waals surface area (Å²) in [6.45, 7) is 10.1. The van der Waals surface area contributed by atoms with Crippen LogP contribution in [0.15, 0.2) is 12.7 Å². The van der Waals surface area contributed by atoms with Crippen molar-refractivity contribution in [1.82, 2.24) is 4.42 Å². The molecule has 0 spiro atoms. The lowest BCUT2D eigenvalue weighted by Gasteiger charge is -2.20. The molecule has 0 aromatic rings. The molecule has 0 radical (unpaired) electrons. The quantitative estimate of drug-likeness (QED) is 0.404. The highest BCUT2D eigenvalue weighted by Gasteiger charge is 2.16. The van der Waals surface area contributed by atoms with Gasteiger partial charge in [-0.25, -0.2) is 4.42 Å². The summed E-state index contributed by atoms with van der Waals surface area (Å²) in [7, 11) is 0. The van der Waals surface area contributed by atoms with E-state index < -0.39 is 5.60 Å². The fraction of sp³-hybridized carbons (Fsp3) is 0.700. The lowest BCUT2D eigenvalue weighted by atomic mass is 10.2. The Labute approximate surface area is 90.8 Å². The summed E-state index contributed by atoms with van der Waals surface area (Å²) in [5.41, 5.74) is -0.424. The van der Waals surface area contributed by atoms with Crippen molar-refractivity contribution >= 4 is 17.7 Å². The molecule has 0 saturated heterocycles. The Morgan fingerprint density at radius 1 is 1.57 bits per heavy atom. The van der Waals surface area contributed by atoms with Crippen molar-refractivity contribution in [2.24, 2.45) is 0 Å². The number of carbonyl (C=O) groups excluding carboxylic acids is 1. The SMILES string of the molecule is C=CCN(Cl)CCC(=O)OC(C)(C)C. The average Bonchev–Trinajstić information content (AvgIpc) is 1.98. The molecule has 0 aliphatic carbocycles. The van der Waals surface area contributed by atoms with Gasteiger partial charge < -0.3 is 4.74 Å². The van der Waals surface area contributed by atoms with Crippen molar-refractivity contribution < 1.29 is 9.53 Å². The highest BCUT2D eigenvalue weighted by molar-refractivity contribution is 6.13. The average molecular weight is 220 g/mol. The molecular formula is C10H18ClNO2. The van der Waals surface area contributed by atoms with Gasteiger partial charge in [-0.3, -0.25) is 4.79 Å². The molecule has 14 heavy (non-hydrogen) atoms. The Morgan fingerprint density at radius 3 is 2.57 bits per heavy atom. The zero-order valence-corrected chi connectivity index (χ0v) is 9.80. The van der Waals surface area contributed by atoms with E-state index in [1.807, 2.05) is 20.8 Å². The second-order valence-corrected chi connectivity index (χ2v) is 4.47. The minimum Gasteiger partial charge on any atom is -0.460 e. The summed E-state index contributed by atoms with van der Waals surface area (Å²) in [6.07, 6.45) is 1.98. The molecule has 0 bridgehead atoms. The van der Waals surface area contributed by atoms with E-state index in [0.29, 0.717) is 19.5 Å². The molecule has 0 fully saturated rings. The van der Waals surface area contributed by atoms with Gasteiger partial charge >= 0.3 is 5.97 Å². The van der Waals surface area contributed by atoms with Crippen LogP contribution in [0.2, 0.25) is 0 Å². The van der Waals surface area contributed by atoms with Gasteiger partial charge in [0.2, 0.25) is 0 Å². The van der Waals surface area contributed by atoms with Gasteiger partial charge in [0.25, 0.3) is 0 Å². The normalized spacial score (nSPS) is 11.5. The van der Waals surface area contributed by atoms with Gasteiger partial charge in [-0.1, -0.05) is 6.08 Å². The molecule has 0 aliphatic heterocycles. The predicted octanol–water partition coefficient (Wildman–Crippen LogP) is 2.36. The smallest absolute Gasteiger partial charge is 0.307 e. The molecule has 0 unspecified atom stereocenters. The second-order valence-electron chi connectivity index (χ2n) is 3.99. The Kier molecular flexibility index (Phi) is 5.81. The van der Waals surface area contributed by atoms with Gasteiger partial charge in [0.1, 0.15) is 5.60 Å². The highest BCUT2D eigenvalue weighted by atomic mass is 35.5. The maximum Gasteiger partial charge on any atom is 0.307 e. The summed E-state index contributed by atoms with van der Waals surface area (Å²) in [4.78, 5) is 11.2. The third kappa shape index (κ3) is 8.08. The number of halogens is 1. The van der Waals surface area contributed by atoms with Crippen LogP contribution in [0.25, 0.3) is 0 Å². The minimum absolute atomic E-state index is 0.229. The highest BCUT2D eigenvalue weighted by Crippen LogP contribution is 2.08. The number of hydrogen-bond donors (Lipinski definition) is 0. The first-order valence-electron chi connectivity index (χ1n) is 4.58. The van der Waals surface area contributed by atoms with Gasteiger partial charge in [-0.15, -0.1) is 6.58 Å². The van der Waals surface area contributed by atoms with Crippen LogP contribution in [0, 0.1) is 0 Å². The largest absolute Gasteiger partial charge is 0.460 e. The molecular weight excluding hydrogens is 202 g/mol. The van der Waals surface area contributed by atoms with E-state index in [4.69, 9.17) is 16.5 Å². The number of rotatable bonds is 5. The van der Waals surface area contributed by atoms with Crippen molar-refractivity contribution in [2.45, 2.75) is 32.8 Å². The zero-order chi connectivity index (χ0) is 11.2. The van der Waals surface area contributed by atoms with Crippen LogP contribution in [0.1, 0.15) is 27.2 Å². The van der Waals surface area contributed by atoms with E-state index in [1.54, 1.807) is 6.08 Å². The topological polar surface area (TPSA) is 29.5 Å². The van der Waals surface area contributed by atoms with Crippen LogP contribution in [0.5, 0.6) is 0 Å². The van der Waals surface area contributed by atoms with Crippen LogP contribution < -0.4 is 0 Å². The van der Waals surface area contributed by atoms with Crippen LogP contribution in [-0.2, 0) is 9.53 Å². The van der Waals surface area contributed by atoms with Crippen LogP contribution in [-0.4, -0.2) is 29.1 Å². The van der Waals surface area contributed by atoms with Gasteiger partial charge in [0.05, 0.1) is 6.42 Å². The van der Waals surface area contributed by atoms with Crippen molar-refractivity contribution in [2.75, 3.05) is 13.1 Å². The molecule has 3 nitrogen and oxygen atoms in total. The van der Waals surface area contributed by atoms with E-state index in [0.717, 1.165) is 0 Å². The fourth-order valence-corrected chi connectivity index (χ4v) is 1.02. The molecule has 0 amide bonds. The van der Waals surface area contributed by atoms with E-state index in [-0.39, 0.29) is 5.97 Å². The Morgan fingerprint density at radius 2 is 2.14 bits per heavy atom. The lowest BCUT2D eigenvalue weighted by molar-refractivity contribution is -0.154. The van der Waals surface area contributed by atoms with Gasteiger partial charge in [0.15, 0.2) is 0 Å². The number of esters is 1. The Hall–Kier alpha value is -0.540. The molecule has 4 heteroatoms. The van der Waals surface area contributed by atoms with Crippen LogP contribution in [0.3, 0.4) is 0 Å². The third-order valence-corrected chi connectivity index (χ3v) is 1.61. The van der Waals surface area contributed by atoms with Crippen molar-refractivity contribution in [3.8, 4) is 0 Å². The van der Waals surface area contributed by atoms with Gasteiger partial charge in [-0.2, -0.15) is 0 Å². The molecule has 0 rings (SSSR count). The second kappa shape index (κ2) is 6.04. The standard InChI is InChI=1S/C10H18ClNO2/c1-5-7-12(11)8-6-9(13)14-10(2,3)4/h5H,1,6-8H2,2-4H3. The molecule has 0 atom stereocenters. The Balaban J connectivity index is 3.69. The molecule has 0 aromatic heterocycles. The summed E-state index contributed by atoms with van der Waals surface area (Å²) >= 11 is 5.75.